The van der Waals surface area contributed by atoms with Crippen molar-refractivity contribution in [1.82, 2.24) is 49.7 Å². The van der Waals surface area contributed by atoms with Crippen LogP contribution in [0.3, 0.4) is 0 Å². The lowest BCUT2D eigenvalue weighted by molar-refractivity contribution is -0.126. The summed E-state index contributed by atoms with van der Waals surface area (Å²) in [5.41, 5.74) is 1.21. The van der Waals surface area contributed by atoms with Crippen molar-refractivity contribution in [1.29, 1.82) is 0 Å². The highest BCUT2D eigenvalue weighted by molar-refractivity contribution is 14.1. The van der Waals surface area contributed by atoms with Gasteiger partial charge in [0.1, 0.15) is 49.0 Å². The van der Waals surface area contributed by atoms with E-state index in [4.69, 9.17) is 21.8 Å². The van der Waals surface area contributed by atoms with Crippen LogP contribution in [0, 0.1) is 3.83 Å². The topological polar surface area (TPSA) is 349 Å². The van der Waals surface area contributed by atoms with E-state index < -0.39 is 84.5 Å². The van der Waals surface area contributed by atoms with Gasteiger partial charge in [-0.25, -0.2) is 19.9 Å². The number of imidazole rings is 2. The molecule has 4 aliphatic rings. The van der Waals surface area contributed by atoms with E-state index in [1.165, 1.54) is 12.7 Å². The Morgan fingerprint density at radius 2 is 1.00 bits per heavy atom. The lowest BCUT2D eigenvalue weighted by Gasteiger charge is -2.33. The molecule has 66 heavy (non-hydrogen) atoms. The zero-order chi connectivity index (χ0) is 46.6. The summed E-state index contributed by atoms with van der Waals surface area (Å²) in [6.45, 7) is -1.48. The minimum Gasteiger partial charge on any atom is -0.388 e. The Bertz CT molecular complexity index is 2500. The average molecular weight is 1050 g/mol. The summed E-state index contributed by atoms with van der Waals surface area (Å²) in [5, 5.41) is 79.8. The number of amides is 2. The maximum atomic E-state index is 12.8. The minimum atomic E-state index is -1.28. The summed E-state index contributed by atoms with van der Waals surface area (Å²) >= 11 is 8.37. The van der Waals surface area contributed by atoms with Crippen molar-refractivity contribution in [2.75, 3.05) is 34.5 Å². The molecular formula is C40H50ClIN14O10. The van der Waals surface area contributed by atoms with Crippen molar-refractivity contribution in [3.63, 3.8) is 0 Å². The summed E-state index contributed by atoms with van der Waals surface area (Å²) in [6, 6.07) is -2.98. The number of nitrogens with one attached hydrogen (secondary N) is 6. The number of carbonyl (C=O) groups is 2. The summed E-state index contributed by atoms with van der Waals surface area (Å²) in [6.07, 6.45) is 4.05. The van der Waals surface area contributed by atoms with Crippen LogP contribution in [0.5, 0.6) is 0 Å². The van der Waals surface area contributed by atoms with Gasteiger partial charge in [-0.2, -0.15) is 9.97 Å². The maximum absolute atomic E-state index is 12.8. The zero-order valence-electron chi connectivity index (χ0n) is 35.2. The number of halogens is 2. The number of carbonyl (C=O) groups excluding carboxylic acids is 2. The van der Waals surface area contributed by atoms with Crippen LogP contribution < -0.4 is 42.8 Å². The van der Waals surface area contributed by atoms with Crippen molar-refractivity contribution in [3.05, 3.63) is 42.2 Å². The minimum absolute atomic E-state index is 0.0220. The Balaban J connectivity index is 0.777. The Hall–Kier alpha value is -4.90. The predicted molar refractivity (Wildman–Crippen MR) is 246 cm³/mol. The molecule has 4 heterocycles. The van der Waals surface area contributed by atoms with E-state index in [0.717, 1.165) is 12.8 Å². The highest BCUT2D eigenvalue weighted by Gasteiger charge is 2.45. The second-order valence-electron chi connectivity index (χ2n) is 17.6. The molecule has 24 nitrogen and oxygen atoms in total. The summed E-state index contributed by atoms with van der Waals surface area (Å²) < 4.78 is 3.72. The molecule has 8 atom stereocenters. The van der Waals surface area contributed by atoms with E-state index in [0.29, 0.717) is 87.7 Å². The first-order valence-corrected chi connectivity index (χ1v) is 23.4. The number of nitrogens with zero attached hydrogens (tertiary/aromatic N) is 8. The number of aliphatic hydroxyl groups excluding tert-OH is 6. The Morgan fingerprint density at radius 1 is 0.606 bits per heavy atom. The van der Waals surface area contributed by atoms with Crippen LogP contribution in [0.15, 0.2) is 22.2 Å². The van der Waals surface area contributed by atoms with E-state index in [-0.39, 0.29) is 42.3 Å². The fourth-order valence-corrected chi connectivity index (χ4v) is 10.7. The molecule has 354 valence electrons. The van der Waals surface area contributed by atoms with Gasteiger partial charge in [0.05, 0.1) is 36.8 Å². The second kappa shape index (κ2) is 19.0. The smallest absolute Gasteiger partial charge is 0.253 e. The molecule has 0 bridgehead atoms. The van der Waals surface area contributed by atoms with Gasteiger partial charge in [-0.1, -0.05) is 0 Å². The van der Waals surface area contributed by atoms with Gasteiger partial charge in [-0.05, 0) is 75.8 Å². The van der Waals surface area contributed by atoms with Gasteiger partial charge in [0.2, 0.25) is 17.1 Å². The third-order valence-electron chi connectivity index (χ3n) is 13.5. The third kappa shape index (κ3) is 8.97. The van der Waals surface area contributed by atoms with E-state index in [2.05, 4.69) is 61.8 Å². The highest BCUT2D eigenvalue weighted by atomic mass is 127. The van der Waals surface area contributed by atoms with Crippen LogP contribution in [0.4, 0.5) is 23.0 Å². The van der Waals surface area contributed by atoms with Crippen molar-refractivity contribution in [2.45, 2.75) is 137 Å². The van der Waals surface area contributed by atoms with Crippen LogP contribution >= 0.6 is 34.2 Å². The van der Waals surface area contributed by atoms with Crippen LogP contribution in [0.2, 0.25) is 5.28 Å². The molecule has 4 fully saturated rings. The van der Waals surface area contributed by atoms with Crippen LogP contribution in [0.25, 0.3) is 22.3 Å². The van der Waals surface area contributed by atoms with Crippen molar-refractivity contribution >= 4 is 91.3 Å². The molecule has 12 N–H and O–H groups in total. The monoisotopic (exact) mass is 1050 g/mol. The molecule has 4 aliphatic carbocycles. The van der Waals surface area contributed by atoms with Crippen LogP contribution in [0.1, 0.15) is 76.3 Å². The Kier molecular flexibility index (Phi) is 13.3. The number of rotatable bonds is 14. The Morgan fingerprint density at radius 3 is 1.42 bits per heavy atom. The summed E-state index contributed by atoms with van der Waals surface area (Å²) in [4.78, 5) is 76.2. The predicted octanol–water partition coefficient (Wildman–Crippen LogP) is -1.22. The first kappa shape index (κ1) is 46.2. The number of fused-ring (bicyclic) bond motifs is 2. The molecule has 0 radical (unpaired) electrons. The first-order valence-electron chi connectivity index (χ1n) is 21.9. The largest absolute Gasteiger partial charge is 0.388 e. The zero-order valence-corrected chi connectivity index (χ0v) is 38.1. The van der Waals surface area contributed by atoms with Crippen LogP contribution in [-0.2, 0) is 9.59 Å². The molecular weight excluding hydrogens is 999 g/mol. The normalized spacial score (nSPS) is 30.2. The maximum Gasteiger partial charge on any atom is 0.253 e. The molecule has 0 saturated heterocycles. The van der Waals surface area contributed by atoms with Gasteiger partial charge in [0, 0.05) is 46.8 Å². The van der Waals surface area contributed by atoms with Gasteiger partial charge in [-0.3, -0.25) is 19.2 Å². The SMILES string of the molecule is O=C(CO)N[C@H]1C[C@@H](n2cnc3c(NC4CCC(Nc5c(N[C@H]6CC[C@H](Nc7nc(Cl)nc8c7ncn8[C@@H]7C[C@H](NC(=O)CO)[C@@H](O)[C@H]7O)CC6)c(=O)c5=O)CC4)nc(I)nc32)[C@H](O)[C@@H]1O. The van der Waals surface area contributed by atoms with Gasteiger partial charge in [-0.15, -0.1) is 0 Å². The molecule has 9 rings (SSSR count). The third-order valence-corrected chi connectivity index (χ3v) is 14.2. The number of anilines is 4. The van der Waals surface area contributed by atoms with E-state index in [9.17, 15) is 39.6 Å². The summed E-state index contributed by atoms with van der Waals surface area (Å²) in [7, 11) is 0. The summed E-state index contributed by atoms with van der Waals surface area (Å²) in [5.74, 6) is -0.401. The van der Waals surface area contributed by atoms with Crippen molar-refractivity contribution < 1.29 is 40.2 Å². The number of hydrogen-bond acceptors (Lipinski definition) is 20. The van der Waals surface area contributed by atoms with E-state index in [1.807, 2.05) is 22.6 Å². The van der Waals surface area contributed by atoms with Crippen LogP contribution in [-0.4, -0.2) is 155 Å². The molecule has 4 aromatic heterocycles. The molecule has 5 aromatic rings. The number of aromatic nitrogens is 8. The van der Waals surface area contributed by atoms with E-state index >= 15 is 0 Å². The molecule has 0 spiro atoms. The molecule has 2 amide bonds. The quantitative estimate of drug-likeness (QED) is 0.0352. The molecule has 1 aromatic carbocycles. The van der Waals surface area contributed by atoms with Gasteiger partial charge in [0.25, 0.3) is 10.9 Å². The first-order chi connectivity index (χ1) is 31.7. The molecule has 26 heteroatoms. The molecule has 0 unspecified atom stereocenters. The number of hydrogen-bond donors (Lipinski definition) is 12. The molecule has 0 aliphatic heterocycles. The fraction of sp³-hybridized carbons (Fsp3) is 0.600. The average Bonchev–Trinajstić information content (AvgIpc) is 4.07. The fourth-order valence-electron chi connectivity index (χ4n) is 10.1. The van der Waals surface area contributed by atoms with Gasteiger partial charge < -0.3 is 71.7 Å². The van der Waals surface area contributed by atoms with Crippen molar-refractivity contribution in [3.8, 4) is 0 Å². The Labute approximate surface area is 393 Å². The second-order valence-corrected chi connectivity index (χ2v) is 18.9. The molecule has 4 saturated carbocycles. The van der Waals surface area contributed by atoms with Gasteiger partial charge in [0.15, 0.2) is 37.8 Å². The van der Waals surface area contributed by atoms with Crippen molar-refractivity contribution in [2.24, 2.45) is 0 Å². The van der Waals surface area contributed by atoms with Gasteiger partial charge >= 0.3 is 0 Å². The highest BCUT2D eigenvalue weighted by Crippen LogP contribution is 2.37. The lowest BCUT2D eigenvalue weighted by Crippen LogP contribution is -2.44. The standard InChI is InChI=1S/C40H50ClIN14O10/c41-39-51-35(27-37(53-39)55(13-43-27)21-9-19(29(61)31(21)63)49-23(59)11-57)47-17-5-1-15(2-6-17)45-25-26(34(66)33(25)65)46-16-3-7-18(8-4-16)48-36-28-38(54-40(42)52-36)56(14-44-28)22-10-20(30(62)32(22)64)50-24(60)12-58/h13-22,29-32,45-46,57-58,61-64H,1-12H2,(H,49,59)(H,50,60)(H,47,51,53)(H,48,52,54)/t15-,16?,17-,18?,19-,20-,21+,22+,29+,30+,31-,32-/m0/s1. The lowest BCUT2D eigenvalue weighted by atomic mass is 9.90. The number of aliphatic hydroxyl groups is 6. The van der Waals surface area contributed by atoms with E-state index in [1.54, 1.807) is 9.13 Å².